The number of nitrogens with one attached hydrogen (secondary N) is 1. The van der Waals surface area contributed by atoms with E-state index in [2.05, 4.69) is 12.2 Å². The van der Waals surface area contributed by atoms with Crippen LogP contribution in [0, 0.1) is 0 Å². The topological polar surface area (TPSA) is 90.9 Å². The Morgan fingerprint density at radius 3 is 2.00 bits per heavy atom. The van der Waals surface area contributed by atoms with Gasteiger partial charge in [0.05, 0.1) is 36.9 Å². The Labute approximate surface area is 208 Å². The van der Waals surface area contributed by atoms with Gasteiger partial charge in [0.1, 0.15) is 0 Å². The zero-order valence-corrected chi connectivity index (χ0v) is 21.7. The fraction of sp³-hybridized carbons (Fsp3) is 0.464. The molecule has 7 heteroatoms. The molecule has 7 nitrogen and oxygen atoms in total. The lowest BCUT2D eigenvalue weighted by Gasteiger charge is -2.31. The van der Waals surface area contributed by atoms with E-state index in [0.717, 1.165) is 19.3 Å². The first kappa shape index (κ1) is 27.9. The number of ether oxygens (including phenoxy) is 3. The first-order chi connectivity index (χ1) is 16.8. The highest BCUT2D eigenvalue weighted by Crippen LogP contribution is 2.41. The monoisotopic (exact) mass is 483 g/mol. The smallest absolute Gasteiger partial charge is 0.336 e. The number of carbonyl (C=O) groups is 3. The van der Waals surface area contributed by atoms with E-state index in [1.165, 1.54) is 0 Å². The molecule has 0 saturated heterocycles. The number of rotatable bonds is 11. The second-order valence-electron chi connectivity index (χ2n) is 8.38. The molecule has 1 aliphatic rings. The van der Waals surface area contributed by atoms with Gasteiger partial charge in [0.2, 0.25) is 0 Å². The molecular weight excluding hydrogens is 446 g/mol. The number of benzene rings is 1. The third-order valence-corrected chi connectivity index (χ3v) is 5.73. The lowest BCUT2D eigenvalue weighted by molar-refractivity contribution is -0.140. The Kier molecular flexibility index (Phi) is 10.8. The summed E-state index contributed by atoms with van der Waals surface area (Å²) in [5.74, 6) is -2.14. The van der Waals surface area contributed by atoms with Gasteiger partial charge in [-0.15, -0.1) is 0 Å². The lowest BCUT2D eigenvalue weighted by atomic mass is 9.78. The highest BCUT2D eigenvalue weighted by molar-refractivity contribution is 6.00. The highest BCUT2D eigenvalue weighted by atomic mass is 16.5. The van der Waals surface area contributed by atoms with Crippen molar-refractivity contribution in [3.63, 3.8) is 0 Å². The van der Waals surface area contributed by atoms with E-state index in [4.69, 9.17) is 14.2 Å². The van der Waals surface area contributed by atoms with E-state index >= 15 is 0 Å². The van der Waals surface area contributed by atoms with E-state index in [1.54, 1.807) is 40.7 Å². The molecule has 0 atom stereocenters. The summed E-state index contributed by atoms with van der Waals surface area (Å²) in [6.07, 6.45) is 4.59. The van der Waals surface area contributed by atoms with Crippen molar-refractivity contribution in [1.82, 2.24) is 5.32 Å². The predicted octanol–water partition coefficient (Wildman–Crippen LogP) is 5.18. The van der Waals surface area contributed by atoms with Crippen LogP contribution >= 0.6 is 0 Å². The molecule has 1 aliphatic heterocycles. The van der Waals surface area contributed by atoms with Gasteiger partial charge in [0, 0.05) is 17.0 Å². The summed E-state index contributed by atoms with van der Waals surface area (Å²) < 4.78 is 16.1. The van der Waals surface area contributed by atoms with Crippen LogP contribution in [0.15, 0.2) is 52.4 Å². The highest BCUT2D eigenvalue weighted by Gasteiger charge is 2.38. The molecule has 0 fully saturated rings. The molecule has 1 aromatic carbocycles. The molecule has 1 N–H and O–H groups in total. The van der Waals surface area contributed by atoms with Crippen molar-refractivity contribution in [2.45, 2.75) is 66.7 Å². The van der Waals surface area contributed by atoms with Crippen molar-refractivity contribution in [1.29, 1.82) is 0 Å². The van der Waals surface area contributed by atoms with E-state index < -0.39 is 23.8 Å². The number of esters is 3. The largest absolute Gasteiger partial charge is 0.463 e. The molecule has 0 aromatic heterocycles. The van der Waals surface area contributed by atoms with Gasteiger partial charge in [-0.05, 0) is 58.2 Å². The van der Waals surface area contributed by atoms with Crippen molar-refractivity contribution in [3.05, 3.63) is 63.5 Å². The number of carbonyl (C=O) groups excluding carboxylic acids is 3. The van der Waals surface area contributed by atoms with Crippen LogP contribution in [0.5, 0.6) is 0 Å². The summed E-state index contributed by atoms with van der Waals surface area (Å²) in [5.41, 5.74) is 3.69. The molecule has 0 radical (unpaired) electrons. The summed E-state index contributed by atoms with van der Waals surface area (Å²) in [5, 5.41) is 3.14. The Morgan fingerprint density at radius 1 is 0.886 bits per heavy atom. The lowest BCUT2D eigenvalue weighted by Crippen LogP contribution is -2.32. The average molecular weight is 484 g/mol. The van der Waals surface area contributed by atoms with Crippen LogP contribution in [-0.2, 0) is 28.6 Å². The molecule has 1 aromatic rings. The third kappa shape index (κ3) is 7.07. The molecule has 0 saturated carbocycles. The summed E-state index contributed by atoms with van der Waals surface area (Å²) in [7, 11) is 0. The van der Waals surface area contributed by atoms with Gasteiger partial charge >= 0.3 is 17.9 Å². The van der Waals surface area contributed by atoms with Crippen LogP contribution in [0.3, 0.4) is 0 Å². The minimum absolute atomic E-state index is 0.199. The zero-order chi connectivity index (χ0) is 26.0. The van der Waals surface area contributed by atoms with Gasteiger partial charge in [-0.2, -0.15) is 0 Å². The van der Waals surface area contributed by atoms with Gasteiger partial charge < -0.3 is 19.5 Å². The quantitative estimate of drug-likeness (QED) is 0.201. The number of unbranched alkanes of at least 4 members (excludes halogenated alkanes) is 2. The molecular formula is C28H37NO6. The minimum atomic E-state index is -0.727. The molecule has 35 heavy (non-hydrogen) atoms. The van der Waals surface area contributed by atoms with E-state index in [9.17, 15) is 14.4 Å². The fourth-order valence-electron chi connectivity index (χ4n) is 4.09. The summed E-state index contributed by atoms with van der Waals surface area (Å²) >= 11 is 0. The van der Waals surface area contributed by atoms with Crippen molar-refractivity contribution in [2.75, 3.05) is 19.8 Å². The summed E-state index contributed by atoms with van der Waals surface area (Å²) in [4.78, 5) is 38.7. The average Bonchev–Trinajstić information content (AvgIpc) is 2.81. The minimum Gasteiger partial charge on any atom is -0.463 e. The maximum absolute atomic E-state index is 13.1. The Morgan fingerprint density at radius 2 is 1.46 bits per heavy atom. The number of hydrogen-bond acceptors (Lipinski definition) is 7. The summed E-state index contributed by atoms with van der Waals surface area (Å²) in [6, 6.07) is 7.38. The fourth-order valence-corrected chi connectivity index (χ4v) is 4.09. The molecule has 0 spiro atoms. The van der Waals surface area contributed by atoms with E-state index in [1.807, 2.05) is 24.3 Å². The Balaban J connectivity index is 2.58. The van der Waals surface area contributed by atoms with Crippen LogP contribution in [0.1, 0.15) is 77.8 Å². The Hall–Kier alpha value is -3.35. The van der Waals surface area contributed by atoms with E-state index in [-0.39, 0.29) is 13.2 Å². The second-order valence-corrected chi connectivity index (χ2v) is 8.38. The van der Waals surface area contributed by atoms with Crippen molar-refractivity contribution < 1.29 is 28.6 Å². The maximum Gasteiger partial charge on any atom is 0.336 e. The number of dihydropyridines is 1. The molecule has 2 rings (SSSR count). The molecule has 190 valence electrons. The van der Waals surface area contributed by atoms with Crippen LogP contribution in [0.4, 0.5) is 0 Å². The third-order valence-electron chi connectivity index (χ3n) is 5.73. The first-order valence-electron chi connectivity index (χ1n) is 12.2. The number of allylic oxidation sites excluding steroid dienone is 2. The van der Waals surface area contributed by atoms with Gasteiger partial charge in [-0.25, -0.2) is 14.4 Å². The van der Waals surface area contributed by atoms with Crippen molar-refractivity contribution in [3.8, 4) is 0 Å². The Bertz CT molecular complexity index is 994. The van der Waals surface area contributed by atoms with Crippen LogP contribution < -0.4 is 5.32 Å². The second kappa shape index (κ2) is 13.5. The number of hydrogen-bond donors (Lipinski definition) is 1. The van der Waals surface area contributed by atoms with Crippen LogP contribution in [-0.4, -0.2) is 37.7 Å². The summed E-state index contributed by atoms with van der Waals surface area (Å²) in [6.45, 7) is 11.6. The van der Waals surface area contributed by atoms with Crippen molar-refractivity contribution >= 4 is 24.0 Å². The molecule has 0 amide bonds. The first-order valence-corrected chi connectivity index (χ1v) is 12.2. The van der Waals surface area contributed by atoms with Gasteiger partial charge in [0.15, 0.2) is 0 Å². The standard InChI is InChI=1S/C28H37NO6/c1-7-10-13-16-35-26(30)18(4)17-21-14-11-12-15-22(21)25-23(27(31)33-8-2)19(5)29-20(6)24(25)28(32)34-9-3/h11-12,14-15,17,25,29H,7-10,13,16H2,1-6H3/b18-17+. The maximum atomic E-state index is 13.1. The van der Waals surface area contributed by atoms with Gasteiger partial charge in [0.25, 0.3) is 0 Å². The van der Waals surface area contributed by atoms with Crippen LogP contribution in [0.2, 0.25) is 0 Å². The molecule has 0 unspecified atom stereocenters. The van der Waals surface area contributed by atoms with Crippen molar-refractivity contribution in [2.24, 2.45) is 0 Å². The SMILES string of the molecule is CCCCCOC(=O)/C(C)=C/c1ccccc1C1C(C(=O)OCC)=C(C)NC(C)=C1C(=O)OCC. The molecule has 1 heterocycles. The predicted molar refractivity (Wildman–Crippen MR) is 135 cm³/mol. The van der Waals surface area contributed by atoms with Crippen LogP contribution in [0.25, 0.3) is 6.08 Å². The normalized spacial score (nSPS) is 14.5. The van der Waals surface area contributed by atoms with Gasteiger partial charge in [-0.1, -0.05) is 44.0 Å². The molecule has 0 aliphatic carbocycles. The zero-order valence-electron chi connectivity index (χ0n) is 21.7. The molecule has 0 bridgehead atoms. The van der Waals surface area contributed by atoms with Gasteiger partial charge in [-0.3, -0.25) is 0 Å². The van der Waals surface area contributed by atoms with E-state index in [0.29, 0.717) is 45.8 Å².